The summed E-state index contributed by atoms with van der Waals surface area (Å²) in [5.74, 6) is 1.46. The zero-order chi connectivity index (χ0) is 10.8. The van der Waals surface area contributed by atoms with E-state index in [-0.39, 0.29) is 0 Å². The zero-order valence-corrected chi connectivity index (χ0v) is 9.65. The fourth-order valence-electron chi connectivity index (χ4n) is 1.34. The van der Waals surface area contributed by atoms with Crippen molar-refractivity contribution < 1.29 is 0 Å². The van der Waals surface area contributed by atoms with E-state index in [2.05, 4.69) is 20.6 Å². The first kappa shape index (κ1) is 10.5. The van der Waals surface area contributed by atoms with Gasteiger partial charge in [-0.05, 0) is 13.0 Å². The standard InChI is InChI=1S/C9H10Cl2N4/c1-5-14-8(10)6(9(11)15-5)4-7-12-2-3-13-7/h4,12-13H,2-3H2,1H3. The molecule has 6 heteroatoms. The van der Waals surface area contributed by atoms with Gasteiger partial charge in [-0.25, -0.2) is 9.97 Å². The molecule has 2 N–H and O–H groups in total. The van der Waals surface area contributed by atoms with Crippen molar-refractivity contribution in [3.05, 3.63) is 27.5 Å². The first-order valence-corrected chi connectivity index (χ1v) is 5.31. The largest absolute Gasteiger partial charge is 0.370 e. The maximum absolute atomic E-state index is 5.98. The van der Waals surface area contributed by atoms with Crippen molar-refractivity contribution in [2.45, 2.75) is 6.92 Å². The molecular weight excluding hydrogens is 235 g/mol. The normalized spacial score (nSPS) is 14.7. The molecular formula is C9H10Cl2N4. The molecule has 1 aliphatic rings. The molecule has 1 saturated heterocycles. The van der Waals surface area contributed by atoms with Crippen LogP contribution in [0.5, 0.6) is 0 Å². The number of nitrogens with one attached hydrogen (secondary N) is 2. The number of hydrogen-bond donors (Lipinski definition) is 2. The maximum Gasteiger partial charge on any atom is 0.141 e. The van der Waals surface area contributed by atoms with Crippen molar-refractivity contribution in [2.24, 2.45) is 0 Å². The van der Waals surface area contributed by atoms with E-state index in [1.807, 2.05) is 6.08 Å². The third kappa shape index (κ3) is 2.33. The van der Waals surface area contributed by atoms with Crippen LogP contribution >= 0.6 is 23.2 Å². The number of nitrogens with zero attached hydrogens (tertiary/aromatic N) is 2. The van der Waals surface area contributed by atoms with Gasteiger partial charge in [-0.3, -0.25) is 0 Å². The highest BCUT2D eigenvalue weighted by atomic mass is 35.5. The average molecular weight is 245 g/mol. The SMILES string of the molecule is Cc1nc(Cl)c(C=C2NCCN2)c(Cl)n1. The van der Waals surface area contributed by atoms with Gasteiger partial charge in [0.2, 0.25) is 0 Å². The Morgan fingerprint density at radius 2 is 1.67 bits per heavy atom. The number of aryl methyl sites for hydroxylation is 1. The molecule has 0 unspecified atom stereocenters. The molecule has 0 bridgehead atoms. The quantitative estimate of drug-likeness (QED) is 0.737. The molecule has 1 aromatic rings. The summed E-state index contributed by atoms with van der Waals surface area (Å²) in [4.78, 5) is 8.09. The highest BCUT2D eigenvalue weighted by molar-refractivity contribution is 6.35. The summed E-state index contributed by atoms with van der Waals surface area (Å²) >= 11 is 12.0. The van der Waals surface area contributed by atoms with Gasteiger partial charge in [0, 0.05) is 13.1 Å². The van der Waals surface area contributed by atoms with Crippen LogP contribution in [0.1, 0.15) is 11.4 Å². The summed E-state index contributed by atoms with van der Waals surface area (Å²) in [6, 6.07) is 0. The van der Waals surface area contributed by atoms with Crippen molar-refractivity contribution >= 4 is 29.3 Å². The van der Waals surface area contributed by atoms with Crippen LogP contribution in [0.25, 0.3) is 6.08 Å². The second-order valence-electron chi connectivity index (χ2n) is 3.18. The van der Waals surface area contributed by atoms with Crippen LogP contribution in [0.15, 0.2) is 5.82 Å². The van der Waals surface area contributed by atoms with Crippen LogP contribution < -0.4 is 10.6 Å². The van der Waals surface area contributed by atoms with Gasteiger partial charge in [0.05, 0.1) is 11.4 Å². The lowest BCUT2D eigenvalue weighted by Crippen LogP contribution is -2.09. The highest BCUT2D eigenvalue weighted by Crippen LogP contribution is 2.23. The molecule has 4 nitrogen and oxygen atoms in total. The fraction of sp³-hybridized carbons (Fsp3) is 0.333. The van der Waals surface area contributed by atoms with E-state index in [4.69, 9.17) is 23.2 Å². The summed E-state index contributed by atoms with van der Waals surface area (Å²) in [6.45, 7) is 3.54. The van der Waals surface area contributed by atoms with Crippen molar-refractivity contribution in [3.8, 4) is 0 Å². The number of halogens is 2. The first-order valence-electron chi connectivity index (χ1n) is 4.56. The van der Waals surface area contributed by atoms with Gasteiger partial charge in [-0.2, -0.15) is 0 Å². The van der Waals surface area contributed by atoms with Gasteiger partial charge >= 0.3 is 0 Å². The van der Waals surface area contributed by atoms with Crippen molar-refractivity contribution in [1.29, 1.82) is 0 Å². The Morgan fingerprint density at radius 1 is 1.13 bits per heavy atom. The van der Waals surface area contributed by atoms with Crippen LogP contribution in [0, 0.1) is 6.92 Å². The molecule has 0 radical (unpaired) electrons. The predicted molar refractivity (Wildman–Crippen MR) is 60.8 cm³/mol. The van der Waals surface area contributed by atoms with Gasteiger partial charge in [-0.1, -0.05) is 23.2 Å². The second kappa shape index (κ2) is 4.24. The summed E-state index contributed by atoms with van der Waals surface area (Å²) in [6.07, 6.45) is 1.82. The Balaban J connectivity index is 2.39. The summed E-state index contributed by atoms with van der Waals surface area (Å²) in [7, 11) is 0. The minimum absolute atomic E-state index is 0.371. The average Bonchev–Trinajstić information content (AvgIpc) is 2.63. The minimum Gasteiger partial charge on any atom is -0.370 e. The maximum atomic E-state index is 5.98. The highest BCUT2D eigenvalue weighted by Gasteiger charge is 2.10. The zero-order valence-electron chi connectivity index (χ0n) is 8.14. The van der Waals surface area contributed by atoms with Crippen molar-refractivity contribution in [3.63, 3.8) is 0 Å². The Bertz CT molecular complexity index is 386. The van der Waals surface area contributed by atoms with Gasteiger partial charge in [-0.15, -0.1) is 0 Å². The molecule has 0 aromatic carbocycles. The topological polar surface area (TPSA) is 49.8 Å². The van der Waals surface area contributed by atoms with Crippen molar-refractivity contribution in [2.75, 3.05) is 13.1 Å². The number of hydrogen-bond acceptors (Lipinski definition) is 4. The summed E-state index contributed by atoms with van der Waals surface area (Å²) in [5.41, 5.74) is 0.640. The van der Waals surface area contributed by atoms with E-state index in [1.165, 1.54) is 0 Å². The van der Waals surface area contributed by atoms with E-state index >= 15 is 0 Å². The molecule has 1 fully saturated rings. The predicted octanol–water partition coefficient (Wildman–Crippen LogP) is 1.58. The molecule has 2 rings (SSSR count). The monoisotopic (exact) mass is 244 g/mol. The van der Waals surface area contributed by atoms with Gasteiger partial charge in [0.25, 0.3) is 0 Å². The van der Waals surface area contributed by atoms with Gasteiger partial charge in [0.1, 0.15) is 16.1 Å². The van der Waals surface area contributed by atoms with Gasteiger partial charge < -0.3 is 10.6 Å². The van der Waals surface area contributed by atoms with Gasteiger partial charge in [0.15, 0.2) is 0 Å². The molecule has 0 aliphatic carbocycles. The molecule has 80 valence electrons. The lowest BCUT2D eigenvalue weighted by Gasteiger charge is -2.04. The Morgan fingerprint density at radius 3 is 2.20 bits per heavy atom. The van der Waals surface area contributed by atoms with E-state index in [9.17, 15) is 0 Å². The molecule has 2 heterocycles. The number of rotatable bonds is 1. The van der Waals surface area contributed by atoms with Crippen LogP contribution in [0.2, 0.25) is 10.3 Å². The smallest absolute Gasteiger partial charge is 0.141 e. The lowest BCUT2D eigenvalue weighted by atomic mass is 10.3. The van der Waals surface area contributed by atoms with E-state index in [1.54, 1.807) is 6.92 Å². The molecule has 15 heavy (non-hydrogen) atoms. The molecule has 0 spiro atoms. The number of aromatic nitrogens is 2. The van der Waals surface area contributed by atoms with Crippen molar-refractivity contribution in [1.82, 2.24) is 20.6 Å². The van der Waals surface area contributed by atoms with E-state index in [0.717, 1.165) is 18.9 Å². The Labute approximate surface area is 97.7 Å². The lowest BCUT2D eigenvalue weighted by molar-refractivity contribution is 0.942. The Hall–Kier alpha value is -1.000. The molecule has 1 aromatic heterocycles. The summed E-state index contributed by atoms with van der Waals surface area (Å²) in [5, 5.41) is 7.04. The van der Waals surface area contributed by atoms with E-state index < -0.39 is 0 Å². The third-order valence-corrected chi connectivity index (χ3v) is 2.59. The second-order valence-corrected chi connectivity index (χ2v) is 3.89. The van der Waals surface area contributed by atoms with Crippen LogP contribution in [0.3, 0.4) is 0 Å². The molecule has 0 saturated carbocycles. The molecule has 0 atom stereocenters. The fourth-order valence-corrected chi connectivity index (χ4v) is 1.92. The van der Waals surface area contributed by atoms with E-state index in [0.29, 0.717) is 21.7 Å². The molecule has 1 aliphatic heterocycles. The third-order valence-electron chi connectivity index (χ3n) is 2.01. The van der Waals surface area contributed by atoms with Crippen LogP contribution in [0.4, 0.5) is 0 Å². The first-order chi connectivity index (χ1) is 7.16. The van der Waals surface area contributed by atoms with Crippen LogP contribution in [-0.4, -0.2) is 23.1 Å². The summed E-state index contributed by atoms with van der Waals surface area (Å²) < 4.78 is 0. The Kier molecular flexibility index (Phi) is 2.98. The minimum atomic E-state index is 0.371. The molecule has 0 amide bonds. The van der Waals surface area contributed by atoms with Crippen LogP contribution in [-0.2, 0) is 0 Å².